The normalized spacial score (nSPS) is 17.0. The molecule has 2 amide bonds. The molecule has 4 rings (SSSR count). The number of hydrogen-bond acceptors (Lipinski definition) is 4. The maximum Gasteiger partial charge on any atom is 0.252 e. The molecule has 6 nitrogen and oxygen atoms in total. The molecule has 1 aliphatic rings. The Bertz CT molecular complexity index is 960. The summed E-state index contributed by atoms with van der Waals surface area (Å²) in [4.78, 5) is 34.6. The molecule has 0 aliphatic carbocycles. The second kappa shape index (κ2) is 8.14. The third kappa shape index (κ3) is 3.80. The number of fused-ring (bicyclic) bond motifs is 1. The molecule has 1 aliphatic heterocycles. The first-order valence-corrected chi connectivity index (χ1v) is 10.5. The molecule has 28 heavy (non-hydrogen) atoms. The number of carbonyl (C=O) groups is 2. The van der Waals surface area contributed by atoms with Crippen LogP contribution in [-0.4, -0.2) is 46.8 Å². The molecular weight excluding hydrogens is 372 g/mol. The summed E-state index contributed by atoms with van der Waals surface area (Å²) >= 11 is 1.66. The number of likely N-dealkylation sites (tertiary alicyclic amines) is 1. The Labute approximate surface area is 168 Å². The lowest BCUT2D eigenvalue weighted by atomic mass is 9.92. The van der Waals surface area contributed by atoms with E-state index in [4.69, 9.17) is 0 Å². The van der Waals surface area contributed by atoms with Crippen LogP contribution in [0, 0.1) is 0 Å². The van der Waals surface area contributed by atoms with E-state index < -0.39 is 0 Å². The second-order valence-corrected chi connectivity index (χ2v) is 8.25. The van der Waals surface area contributed by atoms with Crippen LogP contribution < -0.4 is 5.32 Å². The number of thiazole rings is 1. The zero-order valence-corrected chi connectivity index (χ0v) is 16.7. The van der Waals surface area contributed by atoms with Crippen molar-refractivity contribution in [2.75, 3.05) is 20.1 Å². The van der Waals surface area contributed by atoms with Crippen LogP contribution in [0.25, 0.3) is 10.2 Å². The van der Waals surface area contributed by atoms with Gasteiger partial charge in [0.15, 0.2) is 0 Å². The summed E-state index contributed by atoms with van der Waals surface area (Å²) in [6.45, 7) is 1.44. The van der Waals surface area contributed by atoms with Gasteiger partial charge in [-0.05, 0) is 31.0 Å². The van der Waals surface area contributed by atoms with Gasteiger partial charge in [-0.1, -0.05) is 12.1 Å². The first-order chi connectivity index (χ1) is 13.7. The van der Waals surface area contributed by atoms with Crippen LogP contribution >= 0.6 is 11.3 Å². The number of piperidine rings is 1. The minimum absolute atomic E-state index is 0.0875. The summed E-state index contributed by atoms with van der Waals surface area (Å²) in [6.07, 6.45) is 4.87. The molecule has 1 saturated heterocycles. The number of aromatic amines is 1. The van der Waals surface area contributed by atoms with Crippen LogP contribution in [0.1, 0.15) is 46.2 Å². The van der Waals surface area contributed by atoms with Gasteiger partial charge in [0.1, 0.15) is 0 Å². The highest BCUT2D eigenvalue weighted by molar-refractivity contribution is 7.18. The number of carbonyl (C=O) groups excluding carboxylic acids is 2. The molecule has 1 aromatic carbocycles. The highest BCUT2D eigenvalue weighted by Crippen LogP contribution is 2.29. The molecule has 3 aromatic rings. The molecule has 0 radical (unpaired) electrons. The van der Waals surface area contributed by atoms with Crippen molar-refractivity contribution in [3.05, 3.63) is 52.8 Å². The lowest BCUT2D eigenvalue weighted by molar-refractivity contribution is -0.132. The number of benzene rings is 1. The van der Waals surface area contributed by atoms with Gasteiger partial charge in [0.25, 0.3) is 5.91 Å². The SMILES string of the molecule is CNC(=O)c1cc[nH]c1C1CCCN(C(=O)CCc2nc3ccccc3s2)C1. The van der Waals surface area contributed by atoms with E-state index in [1.807, 2.05) is 29.2 Å². The molecule has 3 heterocycles. The van der Waals surface area contributed by atoms with Gasteiger partial charge in [-0.3, -0.25) is 9.59 Å². The fraction of sp³-hybridized carbons (Fsp3) is 0.381. The largest absolute Gasteiger partial charge is 0.364 e. The first kappa shape index (κ1) is 18.7. The van der Waals surface area contributed by atoms with Crippen LogP contribution in [0.5, 0.6) is 0 Å². The fourth-order valence-corrected chi connectivity index (χ4v) is 4.86. The number of para-hydroxylation sites is 1. The molecule has 0 saturated carbocycles. The Hall–Kier alpha value is -2.67. The molecule has 146 valence electrons. The summed E-state index contributed by atoms with van der Waals surface area (Å²) in [5.41, 5.74) is 2.61. The number of H-pyrrole nitrogens is 1. The maximum atomic E-state index is 12.8. The number of nitrogens with zero attached hydrogens (tertiary/aromatic N) is 2. The van der Waals surface area contributed by atoms with E-state index in [9.17, 15) is 9.59 Å². The van der Waals surface area contributed by atoms with Crippen molar-refractivity contribution in [1.29, 1.82) is 0 Å². The molecule has 2 N–H and O–H groups in total. The van der Waals surface area contributed by atoms with Gasteiger partial charge in [0, 0.05) is 50.8 Å². The van der Waals surface area contributed by atoms with Crippen LogP contribution in [-0.2, 0) is 11.2 Å². The number of aromatic nitrogens is 2. The van der Waals surface area contributed by atoms with E-state index in [1.165, 1.54) is 0 Å². The van der Waals surface area contributed by atoms with Gasteiger partial charge < -0.3 is 15.2 Å². The Balaban J connectivity index is 1.39. The van der Waals surface area contributed by atoms with E-state index in [2.05, 4.69) is 21.4 Å². The quantitative estimate of drug-likeness (QED) is 0.694. The van der Waals surface area contributed by atoms with Crippen LogP contribution in [0.4, 0.5) is 0 Å². The first-order valence-electron chi connectivity index (χ1n) is 9.67. The predicted octanol–water partition coefficient (Wildman–Crippen LogP) is 3.32. The molecule has 2 aromatic heterocycles. The lowest BCUT2D eigenvalue weighted by Gasteiger charge is -2.33. The third-order valence-corrected chi connectivity index (χ3v) is 6.42. The fourth-order valence-electron chi connectivity index (χ4n) is 3.89. The van der Waals surface area contributed by atoms with E-state index in [0.29, 0.717) is 24.9 Å². The summed E-state index contributed by atoms with van der Waals surface area (Å²) in [5, 5.41) is 3.69. The smallest absolute Gasteiger partial charge is 0.252 e. The number of aryl methyl sites for hydroxylation is 1. The lowest BCUT2D eigenvalue weighted by Crippen LogP contribution is -2.39. The Morgan fingerprint density at radius 2 is 2.18 bits per heavy atom. The number of amides is 2. The summed E-state index contributed by atoms with van der Waals surface area (Å²) in [5.74, 6) is 0.245. The maximum absolute atomic E-state index is 12.8. The van der Waals surface area contributed by atoms with Crippen LogP contribution in [0.15, 0.2) is 36.5 Å². The minimum Gasteiger partial charge on any atom is -0.364 e. The Kier molecular flexibility index (Phi) is 5.43. The number of rotatable bonds is 5. The van der Waals surface area contributed by atoms with E-state index in [0.717, 1.165) is 40.3 Å². The van der Waals surface area contributed by atoms with Crippen molar-refractivity contribution in [1.82, 2.24) is 20.2 Å². The van der Waals surface area contributed by atoms with Crippen molar-refractivity contribution in [2.24, 2.45) is 0 Å². The number of nitrogens with one attached hydrogen (secondary N) is 2. The minimum atomic E-state index is -0.0875. The molecule has 1 atom stereocenters. The monoisotopic (exact) mass is 396 g/mol. The van der Waals surface area contributed by atoms with Gasteiger partial charge in [-0.15, -0.1) is 11.3 Å². The summed E-state index contributed by atoms with van der Waals surface area (Å²) in [7, 11) is 1.64. The standard InChI is InChI=1S/C21H24N4O2S/c1-22-21(27)15-10-11-23-20(15)14-5-4-12-25(13-14)19(26)9-8-18-24-16-6-2-3-7-17(16)28-18/h2-3,6-7,10-11,14,23H,4-5,8-9,12-13H2,1H3,(H,22,27). The Morgan fingerprint density at radius 3 is 3.00 bits per heavy atom. The topological polar surface area (TPSA) is 78.1 Å². The highest BCUT2D eigenvalue weighted by Gasteiger charge is 2.28. The Morgan fingerprint density at radius 1 is 1.32 bits per heavy atom. The molecule has 1 unspecified atom stereocenters. The summed E-state index contributed by atoms with van der Waals surface area (Å²) < 4.78 is 1.16. The van der Waals surface area contributed by atoms with Gasteiger partial charge in [-0.25, -0.2) is 4.98 Å². The van der Waals surface area contributed by atoms with E-state index in [1.54, 1.807) is 24.6 Å². The molecular formula is C21H24N4O2S. The highest BCUT2D eigenvalue weighted by atomic mass is 32.1. The average molecular weight is 397 g/mol. The van der Waals surface area contributed by atoms with Crippen molar-refractivity contribution in [3.8, 4) is 0 Å². The molecule has 0 spiro atoms. The zero-order valence-electron chi connectivity index (χ0n) is 15.9. The van der Waals surface area contributed by atoms with Crippen LogP contribution in [0.2, 0.25) is 0 Å². The molecule has 7 heteroatoms. The van der Waals surface area contributed by atoms with Crippen molar-refractivity contribution in [3.63, 3.8) is 0 Å². The second-order valence-electron chi connectivity index (χ2n) is 7.14. The van der Waals surface area contributed by atoms with Crippen molar-refractivity contribution < 1.29 is 9.59 Å². The predicted molar refractivity (Wildman–Crippen MR) is 111 cm³/mol. The van der Waals surface area contributed by atoms with E-state index in [-0.39, 0.29) is 17.7 Å². The number of hydrogen-bond donors (Lipinski definition) is 2. The van der Waals surface area contributed by atoms with Crippen LogP contribution in [0.3, 0.4) is 0 Å². The average Bonchev–Trinajstić information content (AvgIpc) is 3.38. The molecule has 0 bridgehead atoms. The van der Waals surface area contributed by atoms with Crippen molar-refractivity contribution >= 4 is 33.4 Å². The van der Waals surface area contributed by atoms with Gasteiger partial charge in [-0.2, -0.15) is 0 Å². The van der Waals surface area contributed by atoms with Gasteiger partial charge >= 0.3 is 0 Å². The van der Waals surface area contributed by atoms with Gasteiger partial charge in [0.2, 0.25) is 5.91 Å². The molecule has 1 fully saturated rings. The van der Waals surface area contributed by atoms with E-state index >= 15 is 0 Å². The van der Waals surface area contributed by atoms with Gasteiger partial charge in [0.05, 0.1) is 20.8 Å². The summed E-state index contributed by atoms with van der Waals surface area (Å²) in [6, 6.07) is 9.87. The zero-order chi connectivity index (χ0) is 19.5. The third-order valence-electron chi connectivity index (χ3n) is 5.32. The van der Waals surface area contributed by atoms with Crippen molar-refractivity contribution in [2.45, 2.75) is 31.6 Å².